The summed E-state index contributed by atoms with van der Waals surface area (Å²) in [6.07, 6.45) is 1.80. The van der Waals surface area contributed by atoms with Crippen molar-refractivity contribution >= 4 is 22.4 Å². The van der Waals surface area contributed by atoms with E-state index in [1.54, 1.807) is 0 Å². The molecule has 0 aliphatic heterocycles. The SMILES string of the molecule is CC(Nc1ncnc2cc(OCCCO)c([N+](=O)[O-])cc12)c1ccccc1. The van der Waals surface area contributed by atoms with E-state index in [0.717, 1.165) is 5.56 Å². The fourth-order valence-electron chi connectivity index (χ4n) is 2.72. The zero-order valence-electron chi connectivity index (χ0n) is 14.8. The van der Waals surface area contributed by atoms with Crippen LogP contribution in [0.1, 0.15) is 24.9 Å². The van der Waals surface area contributed by atoms with E-state index in [2.05, 4.69) is 15.3 Å². The van der Waals surface area contributed by atoms with Gasteiger partial charge in [-0.05, 0) is 12.5 Å². The number of nitrogens with zero attached hydrogens (tertiary/aromatic N) is 3. The highest BCUT2D eigenvalue weighted by Crippen LogP contribution is 2.34. The Balaban J connectivity index is 1.97. The third-order valence-electron chi connectivity index (χ3n) is 4.13. The molecule has 8 nitrogen and oxygen atoms in total. The van der Waals surface area contributed by atoms with Crippen molar-refractivity contribution in [2.24, 2.45) is 0 Å². The Morgan fingerprint density at radius 2 is 2.04 bits per heavy atom. The normalized spacial score (nSPS) is 11.9. The Kier molecular flexibility index (Phi) is 5.77. The quantitative estimate of drug-likeness (QED) is 0.356. The lowest BCUT2D eigenvalue weighted by atomic mass is 10.1. The smallest absolute Gasteiger partial charge is 0.311 e. The fraction of sp³-hybridized carbons (Fsp3) is 0.263. The van der Waals surface area contributed by atoms with Crippen LogP contribution in [0.25, 0.3) is 10.9 Å². The molecule has 0 bridgehead atoms. The first-order chi connectivity index (χ1) is 13.1. The molecule has 0 aliphatic carbocycles. The van der Waals surface area contributed by atoms with Gasteiger partial charge in [0.25, 0.3) is 0 Å². The van der Waals surface area contributed by atoms with Crippen molar-refractivity contribution in [3.8, 4) is 5.75 Å². The van der Waals surface area contributed by atoms with Gasteiger partial charge < -0.3 is 15.2 Å². The number of aliphatic hydroxyl groups excluding tert-OH is 1. The molecular formula is C19H20N4O4. The summed E-state index contributed by atoms with van der Waals surface area (Å²) >= 11 is 0. The number of nitrogens with one attached hydrogen (secondary N) is 1. The fourth-order valence-corrected chi connectivity index (χ4v) is 2.72. The lowest BCUT2D eigenvalue weighted by Gasteiger charge is -2.16. The summed E-state index contributed by atoms with van der Waals surface area (Å²) in [7, 11) is 0. The number of rotatable bonds is 8. The molecule has 8 heteroatoms. The highest BCUT2D eigenvalue weighted by Gasteiger charge is 2.20. The molecule has 3 rings (SSSR count). The number of nitro benzene ring substituents is 1. The van der Waals surface area contributed by atoms with Crippen molar-refractivity contribution in [2.45, 2.75) is 19.4 Å². The van der Waals surface area contributed by atoms with Crippen molar-refractivity contribution in [1.82, 2.24) is 9.97 Å². The number of benzene rings is 2. The number of aromatic nitrogens is 2. The topological polar surface area (TPSA) is 110 Å². The van der Waals surface area contributed by atoms with Gasteiger partial charge in [-0.1, -0.05) is 30.3 Å². The zero-order chi connectivity index (χ0) is 19.2. The number of anilines is 1. The first-order valence-corrected chi connectivity index (χ1v) is 8.58. The highest BCUT2D eigenvalue weighted by atomic mass is 16.6. The van der Waals surface area contributed by atoms with Gasteiger partial charge in [-0.3, -0.25) is 10.1 Å². The van der Waals surface area contributed by atoms with Crippen LogP contribution >= 0.6 is 0 Å². The van der Waals surface area contributed by atoms with Gasteiger partial charge in [-0.15, -0.1) is 0 Å². The molecule has 3 aromatic rings. The van der Waals surface area contributed by atoms with Crippen LogP contribution in [0.2, 0.25) is 0 Å². The summed E-state index contributed by atoms with van der Waals surface area (Å²) in [6, 6.07) is 12.8. The zero-order valence-corrected chi connectivity index (χ0v) is 14.8. The molecule has 0 radical (unpaired) electrons. The maximum absolute atomic E-state index is 11.5. The lowest BCUT2D eigenvalue weighted by molar-refractivity contribution is -0.385. The second-order valence-electron chi connectivity index (χ2n) is 6.02. The van der Waals surface area contributed by atoms with Crippen LogP contribution in [-0.4, -0.2) is 33.2 Å². The van der Waals surface area contributed by atoms with Crippen molar-refractivity contribution in [2.75, 3.05) is 18.5 Å². The maximum atomic E-state index is 11.5. The van der Waals surface area contributed by atoms with Crippen LogP contribution in [0.3, 0.4) is 0 Å². The van der Waals surface area contributed by atoms with Crippen molar-refractivity contribution < 1.29 is 14.8 Å². The molecular weight excluding hydrogens is 348 g/mol. The van der Waals surface area contributed by atoms with E-state index >= 15 is 0 Å². The van der Waals surface area contributed by atoms with E-state index in [-0.39, 0.29) is 30.7 Å². The van der Waals surface area contributed by atoms with Crippen LogP contribution in [0.5, 0.6) is 5.75 Å². The summed E-state index contributed by atoms with van der Waals surface area (Å²) < 4.78 is 5.45. The predicted molar refractivity (Wildman–Crippen MR) is 102 cm³/mol. The molecule has 1 unspecified atom stereocenters. The van der Waals surface area contributed by atoms with Gasteiger partial charge >= 0.3 is 5.69 Å². The number of ether oxygens (including phenoxy) is 1. The molecule has 1 aromatic heterocycles. The van der Waals surface area contributed by atoms with Gasteiger partial charge in [-0.25, -0.2) is 9.97 Å². The second kappa shape index (κ2) is 8.41. The lowest BCUT2D eigenvalue weighted by Crippen LogP contribution is -2.09. The predicted octanol–water partition coefficient (Wildman–Crippen LogP) is 3.47. The van der Waals surface area contributed by atoms with E-state index in [0.29, 0.717) is 23.1 Å². The summed E-state index contributed by atoms with van der Waals surface area (Å²) in [5.74, 6) is 0.642. The molecule has 2 aromatic carbocycles. The summed E-state index contributed by atoms with van der Waals surface area (Å²) in [5, 5.41) is 24.2. The highest BCUT2D eigenvalue weighted by molar-refractivity contribution is 5.92. The van der Waals surface area contributed by atoms with Crippen LogP contribution in [0, 0.1) is 10.1 Å². The molecule has 0 saturated carbocycles. The maximum Gasteiger partial charge on any atom is 0.311 e. The molecule has 2 N–H and O–H groups in total. The van der Waals surface area contributed by atoms with Gasteiger partial charge in [0.2, 0.25) is 0 Å². The number of aliphatic hydroxyl groups is 1. The van der Waals surface area contributed by atoms with Gasteiger partial charge in [0, 0.05) is 36.6 Å². The Hall–Kier alpha value is -3.26. The minimum Gasteiger partial charge on any atom is -0.487 e. The number of fused-ring (bicyclic) bond motifs is 1. The third kappa shape index (κ3) is 4.29. The van der Waals surface area contributed by atoms with Crippen LogP contribution in [-0.2, 0) is 0 Å². The molecule has 0 spiro atoms. The molecule has 0 amide bonds. The number of hydrogen-bond donors (Lipinski definition) is 2. The minimum atomic E-state index is -0.495. The molecule has 1 atom stereocenters. The van der Waals surface area contributed by atoms with Crippen LogP contribution in [0.4, 0.5) is 11.5 Å². The minimum absolute atomic E-state index is 0.0381. The average molecular weight is 368 g/mol. The van der Waals surface area contributed by atoms with E-state index in [1.165, 1.54) is 18.5 Å². The van der Waals surface area contributed by atoms with Gasteiger partial charge in [-0.2, -0.15) is 0 Å². The standard InChI is InChI=1S/C19H20N4O4/c1-13(14-6-3-2-4-7-14)22-19-15-10-17(23(25)26)18(27-9-5-8-24)11-16(15)20-12-21-19/h2-4,6-7,10-13,24H,5,8-9H2,1H3,(H,20,21,22). The summed E-state index contributed by atoms with van der Waals surface area (Å²) in [5.41, 5.74) is 1.45. The van der Waals surface area contributed by atoms with Crippen LogP contribution < -0.4 is 10.1 Å². The van der Waals surface area contributed by atoms with E-state index in [4.69, 9.17) is 9.84 Å². The first-order valence-electron chi connectivity index (χ1n) is 8.58. The van der Waals surface area contributed by atoms with E-state index < -0.39 is 4.92 Å². The molecule has 0 aliphatic rings. The monoisotopic (exact) mass is 368 g/mol. The summed E-state index contributed by atoms with van der Waals surface area (Å²) in [4.78, 5) is 19.4. The molecule has 140 valence electrons. The Morgan fingerprint density at radius 3 is 2.74 bits per heavy atom. The van der Waals surface area contributed by atoms with Gasteiger partial charge in [0.05, 0.1) is 17.0 Å². The second-order valence-corrected chi connectivity index (χ2v) is 6.02. The molecule has 0 fully saturated rings. The molecule has 1 heterocycles. The molecule has 27 heavy (non-hydrogen) atoms. The van der Waals surface area contributed by atoms with Gasteiger partial charge in [0.15, 0.2) is 5.75 Å². The van der Waals surface area contributed by atoms with Crippen molar-refractivity contribution in [3.63, 3.8) is 0 Å². The third-order valence-corrected chi connectivity index (χ3v) is 4.13. The van der Waals surface area contributed by atoms with E-state index in [9.17, 15) is 10.1 Å². The number of nitro groups is 1. The Bertz CT molecular complexity index is 934. The Morgan fingerprint density at radius 1 is 1.26 bits per heavy atom. The average Bonchev–Trinajstić information content (AvgIpc) is 2.68. The largest absolute Gasteiger partial charge is 0.487 e. The first kappa shape index (κ1) is 18.5. The van der Waals surface area contributed by atoms with E-state index in [1.807, 2.05) is 37.3 Å². The van der Waals surface area contributed by atoms with Crippen molar-refractivity contribution in [3.05, 3.63) is 64.5 Å². The van der Waals surface area contributed by atoms with Crippen LogP contribution in [0.15, 0.2) is 48.8 Å². The summed E-state index contributed by atoms with van der Waals surface area (Å²) in [6.45, 7) is 2.13. The van der Waals surface area contributed by atoms with Crippen molar-refractivity contribution in [1.29, 1.82) is 0 Å². The molecule has 0 saturated heterocycles. The number of hydrogen-bond acceptors (Lipinski definition) is 7. The van der Waals surface area contributed by atoms with Gasteiger partial charge in [0.1, 0.15) is 12.1 Å². The Labute approximate surface area is 156 Å².